The molecule has 0 bridgehead atoms. The number of fused-ring (bicyclic) bond motifs is 1. The summed E-state index contributed by atoms with van der Waals surface area (Å²) >= 11 is 0. The van der Waals surface area contributed by atoms with Crippen molar-refractivity contribution >= 4 is 11.6 Å². The average molecular weight is 543 g/mol. The zero-order valence-electron chi connectivity index (χ0n) is 22.5. The number of benzene rings is 2. The molecule has 206 valence electrons. The SMILES string of the molecule is CC(Cc1ccc(-c2c(-c3ccc(C#N)cc3)nc(OC[C@@H]3CCCN(C)C3)c3cncn23)cc1F)NC(=O)O. The maximum absolute atomic E-state index is 15.3. The Hall–Kier alpha value is -4.49. The molecule has 0 spiro atoms. The first kappa shape index (κ1) is 27.1. The fourth-order valence-corrected chi connectivity index (χ4v) is 5.30. The maximum Gasteiger partial charge on any atom is 0.404 e. The molecule has 0 radical (unpaired) electrons. The van der Waals surface area contributed by atoms with Crippen LogP contribution in [-0.2, 0) is 6.42 Å². The maximum atomic E-state index is 15.3. The third-order valence-electron chi connectivity index (χ3n) is 7.22. The van der Waals surface area contributed by atoms with E-state index in [-0.39, 0.29) is 6.42 Å². The summed E-state index contributed by atoms with van der Waals surface area (Å²) in [6, 6.07) is 13.7. The van der Waals surface area contributed by atoms with Crippen LogP contribution in [0.15, 0.2) is 55.0 Å². The number of halogens is 1. The van der Waals surface area contributed by atoms with Crippen molar-refractivity contribution in [1.29, 1.82) is 5.26 Å². The van der Waals surface area contributed by atoms with Gasteiger partial charge in [-0.3, -0.25) is 4.40 Å². The highest BCUT2D eigenvalue weighted by atomic mass is 19.1. The normalized spacial score (nSPS) is 16.4. The molecule has 1 saturated heterocycles. The van der Waals surface area contributed by atoms with E-state index in [1.54, 1.807) is 43.7 Å². The molecule has 2 aromatic heterocycles. The summed E-state index contributed by atoms with van der Waals surface area (Å²) in [7, 11) is 2.12. The van der Waals surface area contributed by atoms with E-state index in [1.165, 1.54) is 6.07 Å². The summed E-state index contributed by atoms with van der Waals surface area (Å²) < 4.78 is 23.5. The third-order valence-corrected chi connectivity index (χ3v) is 7.22. The Morgan fingerprint density at radius 3 is 2.75 bits per heavy atom. The van der Waals surface area contributed by atoms with Crippen LogP contribution < -0.4 is 10.1 Å². The Morgan fingerprint density at radius 2 is 2.05 bits per heavy atom. The van der Waals surface area contributed by atoms with E-state index in [2.05, 4.69) is 28.3 Å². The van der Waals surface area contributed by atoms with Crippen molar-refractivity contribution in [3.63, 3.8) is 0 Å². The Morgan fingerprint density at radius 1 is 1.27 bits per heavy atom. The molecule has 3 heterocycles. The highest BCUT2D eigenvalue weighted by Crippen LogP contribution is 2.36. The molecule has 4 aromatic rings. The van der Waals surface area contributed by atoms with Gasteiger partial charge in [0.25, 0.3) is 0 Å². The van der Waals surface area contributed by atoms with Crippen molar-refractivity contribution in [3.8, 4) is 34.5 Å². The molecule has 10 heteroatoms. The number of carboxylic acid groups (broad SMARTS) is 1. The third kappa shape index (κ3) is 5.90. The zero-order valence-corrected chi connectivity index (χ0v) is 22.5. The molecule has 9 nitrogen and oxygen atoms in total. The lowest BCUT2D eigenvalue weighted by atomic mass is 9.99. The van der Waals surface area contributed by atoms with Gasteiger partial charge in [-0.1, -0.05) is 24.3 Å². The number of piperidine rings is 1. The van der Waals surface area contributed by atoms with Gasteiger partial charge in [0, 0.05) is 29.6 Å². The minimum atomic E-state index is -1.15. The standard InChI is InChI=1S/C30H31FN6O3/c1-19(34-30(38)39)12-23-9-10-24(13-25(23)31)28-27(22-7-5-20(14-32)6-8-22)35-29(26-15-33-18-37(26)28)40-17-21-4-3-11-36(2)16-21/h5-10,13,15,18-19,21,34H,3-4,11-12,16-17H2,1-2H3,(H,38,39)/t19?,21-/m1/s1. The molecule has 1 aliphatic heterocycles. The lowest BCUT2D eigenvalue weighted by Gasteiger charge is -2.29. The van der Waals surface area contributed by atoms with Gasteiger partial charge in [0.05, 0.1) is 42.2 Å². The Kier molecular flexibility index (Phi) is 7.94. The second kappa shape index (κ2) is 11.7. The fourth-order valence-electron chi connectivity index (χ4n) is 5.30. The van der Waals surface area contributed by atoms with Crippen LogP contribution in [0, 0.1) is 23.1 Å². The summed E-state index contributed by atoms with van der Waals surface area (Å²) in [6.45, 7) is 4.26. The smallest absolute Gasteiger partial charge is 0.404 e. The Labute approximate surface area is 231 Å². The van der Waals surface area contributed by atoms with Gasteiger partial charge in [0.15, 0.2) is 0 Å². The van der Waals surface area contributed by atoms with Crippen LogP contribution in [0.25, 0.3) is 28.0 Å². The van der Waals surface area contributed by atoms with Gasteiger partial charge >= 0.3 is 6.09 Å². The molecule has 1 fully saturated rings. The number of carbonyl (C=O) groups is 1. The number of hydrogen-bond acceptors (Lipinski definition) is 6. The molecule has 2 N–H and O–H groups in total. The first-order valence-corrected chi connectivity index (χ1v) is 13.3. The first-order chi connectivity index (χ1) is 19.3. The molecule has 40 heavy (non-hydrogen) atoms. The van der Waals surface area contributed by atoms with Gasteiger partial charge in [0.2, 0.25) is 5.88 Å². The van der Waals surface area contributed by atoms with Crippen LogP contribution in [0.4, 0.5) is 9.18 Å². The van der Waals surface area contributed by atoms with Crippen molar-refractivity contribution in [2.24, 2.45) is 5.92 Å². The average Bonchev–Trinajstić information content (AvgIpc) is 3.42. The van der Waals surface area contributed by atoms with E-state index in [0.29, 0.717) is 52.0 Å². The zero-order chi connectivity index (χ0) is 28.2. The minimum absolute atomic E-state index is 0.211. The van der Waals surface area contributed by atoms with Crippen LogP contribution in [0.5, 0.6) is 5.88 Å². The summed E-state index contributed by atoms with van der Waals surface area (Å²) in [5, 5.41) is 20.6. The Balaban J connectivity index is 1.57. The highest BCUT2D eigenvalue weighted by Gasteiger charge is 2.22. The molecule has 2 aromatic carbocycles. The van der Waals surface area contributed by atoms with E-state index < -0.39 is 18.0 Å². The van der Waals surface area contributed by atoms with Gasteiger partial charge in [-0.05, 0) is 63.5 Å². The largest absolute Gasteiger partial charge is 0.476 e. The molecular formula is C30H31FN6O3. The number of rotatable bonds is 8. The number of nitriles is 1. The van der Waals surface area contributed by atoms with Crippen LogP contribution >= 0.6 is 0 Å². The predicted molar refractivity (Wildman–Crippen MR) is 149 cm³/mol. The summed E-state index contributed by atoms with van der Waals surface area (Å²) in [6.07, 6.45) is 4.62. The summed E-state index contributed by atoms with van der Waals surface area (Å²) in [5.74, 6) is 0.387. The van der Waals surface area contributed by atoms with Gasteiger partial charge in [-0.2, -0.15) is 5.26 Å². The number of likely N-dealkylation sites (tertiary alicyclic amines) is 1. The summed E-state index contributed by atoms with van der Waals surface area (Å²) in [5.41, 5.74) is 4.11. The molecule has 5 rings (SSSR count). The number of aromatic nitrogens is 3. The van der Waals surface area contributed by atoms with Gasteiger partial charge in [0.1, 0.15) is 11.3 Å². The molecular weight excluding hydrogens is 511 g/mol. The van der Waals surface area contributed by atoms with Gasteiger partial charge < -0.3 is 20.1 Å². The monoisotopic (exact) mass is 542 g/mol. The highest BCUT2D eigenvalue weighted by molar-refractivity contribution is 5.82. The number of nitrogens with one attached hydrogen (secondary N) is 1. The lowest BCUT2D eigenvalue weighted by Crippen LogP contribution is -2.34. The molecule has 2 atom stereocenters. The predicted octanol–water partition coefficient (Wildman–Crippen LogP) is 4.99. The lowest BCUT2D eigenvalue weighted by molar-refractivity contribution is 0.148. The Bertz CT molecular complexity index is 1560. The van der Waals surface area contributed by atoms with Gasteiger partial charge in [-0.15, -0.1) is 0 Å². The first-order valence-electron chi connectivity index (χ1n) is 13.3. The number of hydrogen-bond donors (Lipinski definition) is 2. The van der Waals surface area contributed by atoms with E-state index in [4.69, 9.17) is 14.8 Å². The number of amides is 1. The molecule has 0 aliphatic carbocycles. The second-order valence-electron chi connectivity index (χ2n) is 10.4. The van der Waals surface area contributed by atoms with Crippen molar-refractivity contribution in [1.82, 2.24) is 24.6 Å². The van der Waals surface area contributed by atoms with E-state index >= 15 is 4.39 Å². The van der Waals surface area contributed by atoms with Crippen LogP contribution in [0.1, 0.15) is 30.9 Å². The van der Waals surface area contributed by atoms with Crippen molar-refractivity contribution in [2.75, 3.05) is 26.7 Å². The fraction of sp³-hybridized carbons (Fsp3) is 0.333. The van der Waals surface area contributed by atoms with E-state index in [0.717, 1.165) is 31.5 Å². The molecule has 0 saturated carbocycles. The van der Waals surface area contributed by atoms with Crippen molar-refractivity contribution < 1.29 is 19.0 Å². The van der Waals surface area contributed by atoms with E-state index in [1.807, 2.05) is 16.5 Å². The second-order valence-corrected chi connectivity index (χ2v) is 10.4. The van der Waals surface area contributed by atoms with Crippen molar-refractivity contribution in [3.05, 3.63) is 71.9 Å². The number of nitrogens with zero attached hydrogens (tertiary/aromatic N) is 5. The molecule has 1 unspecified atom stereocenters. The minimum Gasteiger partial charge on any atom is -0.476 e. The molecule has 1 amide bonds. The topological polar surface area (TPSA) is 116 Å². The van der Waals surface area contributed by atoms with Crippen LogP contribution in [-0.4, -0.2) is 63.3 Å². The van der Waals surface area contributed by atoms with Crippen molar-refractivity contribution in [2.45, 2.75) is 32.2 Å². The number of ether oxygens (including phenoxy) is 1. The van der Waals surface area contributed by atoms with Crippen LogP contribution in [0.3, 0.4) is 0 Å². The molecule has 1 aliphatic rings. The van der Waals surface area contributed by atoms with Gasteiger partial charge in [-0.25, -0.2) is 19.2 Å². The van der Waals surface area contributed by atoms with Crippen LogP contribution in [0.2, 0.25) is 0 Å². The summed E-state index contributed by atoms with van der Waals surface area (Å²) in [4.78, 5) is 22.6. The quantitative estimate of drug-likeness (QED) is 0.322. The van der Waals surface area contributed by atoms with E-state index in [9.17, 15) is 10.1 Å². The number of imidazole rings is 1.